The number of aryl methyl sites for hydroxylation is 1. The molecule has 0 saturated carbocycles. The molecule has 1 aromatic heterocycles. The van der Waals surface area contributed by atoms with E-state index in [1.54, 1.807) is 62.0 Å². The van der Waals surface area contributed by atoms with Crippen molar-refractivity contribution in [3.05, 3.63) is 42.2 Å². The van der Waals surface area contributed by atoms with Crippen LogP contribution in [-0.2, 0) is 31.0 Å². The van der Waals surface area contributed by atoms with Crippen molar-refractivity contribution in [2.24, 2.45) is 24.8 Å². The fraction of sp³-hybridized carbons (Fsp3) is 0.579. The number of amides is 6. The number of imide groups is 1. The summed E-state index contributed by atoms with van der Waals surface area (Å²) in [4.78, 5) is 76.3. The number of hydrogen-bond donors (Lipinski definition) is 6. The molecule has 0 bridgehead atoms. The minimum Gasteiger partial charge on any atom is -0.372 e. The second kappa shape index (κ2) is 19.8. The van der Waals surface area contributed by atoms with Gasteiger partial charge in [-0.15, -0.1) is 0 Å². The van der Waals surface area contributed by atoms with Crippen molar-refractivity contribution < 1.29 is 33.9 Å². The molecule has 1 fully saturated rings. The SMILES string of the molecule is CC(C)CCCC(=O)Nc1cc(C(=O)Nc2ccc(NC(O)[C@H](C)NC(=O)[C@@H](NC(=O)CCCCCN3C(=O)CC(C)C3=O)C(C)C)cc2)n(C)c1. The Labute approximate surface area is 306 Å². The smallest absolute Gasteiger partial charge is 0.272 e. The van der Waals surface area contributed by atoms with Crippen LogP contribution in [0.4, 0.5) is 17.1 Å². The fourth-order valence-corrected chi connectivity index (χ4v) is 5.88. The molecule has 14 nitrogen and oxygen atoms in total. The predicted octanol–water partition coefficient (Wildman–Crippen LogP) is 4.37. The van der Waals surface area contributed by atoms with Crippen LogP contribution in [-0.4, -0.2) is 74.9 Å². The summed E-state index contributed by atoms with van der Waals surface area (Å²) in [5, 5.41) is 25.0. The highest BCUT2D eigenvalue weighted by atomic mass is 16.3. The summed E-state index contributed by atoms with van der Waals surface area (Å²) in [6, 6.07) is 6.81. The van der Waals surface area contributed by atoms with Crippen molar-refractivity contribution in [2.75, 3.05) is 22.5 Å². The highest BCUT2D eigenvalue weighted by Crippen LogP contribution is 2.21. The number of carbonyl (C=O) groups is 6. The van der Waals surface area contributed by atoms with Crippen molar-refractivity contribution in [3.8, 4) is 0 Å². The van der Waals surface area contributed by atoms with Gasteiger partial charge in [0.05, 0.1) is 11.7 Å². The van der Waals surface area contributed by atoms with E-state index in [2.05, 4.69) is 40.4 Å². The third-order valence-corrected chi connectivity index (χ3v) is 9.03. The van der Waals surface area contributed by atoms with Crippen LogP contribution >= 0.6 is 0 Å². The first kappa shape index (κ1) is 41.7. The van der Waals surface area contributed by atoms with Crippen molar-refractivity contribution in [3.63, 3.8) is 0 Å². The van der Waals surface area contributed by atoms with E-state index in [0.29, 0.717) is 60.9 Å². The molecule has 1 aromatic carbocycles. The maximum atomic E-state index is 13.1. The maximum absolute atomic E-state index is 13.1. The van der Waals surface area contributed by atoms with Gasteiger partial charge in [-0.25, -0.2) is 0 Å². The Bertz CT molecular complexity index is 1550. The summed E-state index contributed by atoms with van der Waals surface area (Å²) in [5.74, 6) is -1.38. The van der Waals surface area contributed by atoms with Crippen LogP contribution in [0.1, 0.15) is 103 Å². The van der Waals surface area contributed by atoms with Crippen molar-refractivity contribution in [1.82, 2.24) is 20.1 Å². The van der Waals surface area contributed by atoms with E-state index in [-0.39, 0.29) is 54.2 Å². The largest absolute Gasteiger partial charge is 0.372 e. The van der Waals surface area contributed by atoms with Gasteiger partial charge in [0, 0.05) is 56.3 Å². The molecule has 1 aliphatic heterocycles. The highest BCUT2D eigenvalue weighted by molar-refractivity contribution is 6.05. The van der Waals surface area contributed by atoms with Crippen LogP contribution in [0.5, 0.6) is 0 Å². The zero-order chi connectivity index (χ0) is 38.5. The van der Waals surface area contributed by atoms with E-state index in [1.165, 1.54) is 4.90 Å². The lowest BCUT2D eigenvalue weighted by Gasteiger charge is -2.27. The highest BCUT2D eigenvalue weighted by Gasteiger charge is 2.35. The minimum absolute atomic E-state index is 0.0912. The molecule has 6 N–H and O–H groups in total. The van der Waals surface area contributed by atoms with E-state index < -0.39 is 24.2 Å². The molecule has 2 unspecified atom stereocenters. The summed E-state index contributed by atoms with van der Waals surface area (Å²) < 4.78 is 1.64. The quantitative estimate of drug-likeness (QED) is 0.0659. The summed E-state index contributed by atoms with van der Waals surface area (Å²) >= 11 is 0. The van der Waals surface area contributed by atoms with E-state index >= 15 is 0 Å². The number of nitrogens with one attached hydrogen (secondary N) is 5. The molecular formula is C38H57N7O7. The first-order valence-electron chi connectivity index (χ1n) is 18.3. The summed E-state index contributed by atoms with van der Waals surface area (Å²) in [7, 11) is 1.73. The molecule has 2 aromatic rings. The zero-order valence-electron chi connectivity index (χ0n) is 31.6. The number of aliphatic hydroxyl groups excluding tert-OH is 1. The van der Waals surface area contributed by atoms with Crippen LogP contribution in [0.3, 0.4) is 0 Å². The molecule has 6 amide bonds. The first-order chi connectivity index (χ1) is 24.5. The lowest BCUT2D eigenvalue weighted by molar-refractivity contribution is -0.139. The Morgan fingerprint density at radius 1 is 0.846 bits per heavy atom. The van der Waals surface area contributed by atoms with Gasteiger partial charge in [-0.05, 0) is 68.4 Å². The van der Waals surface area contributed by atoms with E-state index in [1.807, 2.05) is 13.8 Å². The Balaban J connectivity index is 1.42. The average molecular weight is 724 g/mol. The van der Waals surface area contributed by atoms with E-state index in [4.69, 9.17) is 0 Å². The third kappa shape index (κ3) is 12.8. The molecule has 2 heterocycles. The topological polar surface area (TPSA) is 191 Å². The average Bonchev–Trinajstić information content (AvgIpc) is 3.55. The lowest BCUT2D eigenvalue weighted by Crippen LogP contribution is -2.54. The second-order valence-corrected chi connectivity index (χ2v) is 14.6. The standard InChI is InChI=1S/C38H57N7O7/c1-23(2)12-11-14-31(46)40-29-21-30(44(7)22-29)36(50)42-28-17-15-27(16-18-28)41-35(49)26(6)39-37(51)34(24(3)4)43-32(47)13-9-8-10-19-45-33(48)20-25(5)38(45)52/h15-18,21-26,34-35,41,49H,8-14,19-20H2,1-7H3,(H,39,51)(H,40,46)(H,42,50)(H,43,47)/t25?,26-,34-,35?/m0/s1. The van der Waals surface area contributed by atoms with Crippen LogP contribution in [0.15, 0.2) is 36.5 Å². The van der Waals surface area contributed by atoms with E-state index in [9.17, 15) is 33.9 Å². The van der Waals surface area contributed by atoms with Gasteiger partial charge in [0.1, 0.15) is 18.0 Å². The van der Waals surface area contributed by atoms with Gasteiger partial charge in [0.2, 0.25) is 29.5 Å². The van der Waals surface area contributed by atoms with Crippen LogP contribution in [0.25, 0.3) is 0 Å². The van der Waals surface area contributed by atoms with Crippen molar-refractivity contribution in [2.45, 2.75) is 111 Å². The first-order valence-corrected chi connectivity index (χ1v) is 18.3. The Morgan fingerprint density at radius 3 is 2.12 bits per heavy atom. The van der Waals surface area contributed by atoms with Gasteiger partial charge >= 0.3 is 0 Å². The molecule has 0 spiro atoms. The molecule has 0 radical (unpaired) electrons. The normalized spacial score (nSPS) is 16.1. The van der Waals surface area contributed by atoms with Gasteiger partial charge in [-0.3, -0.25) is 33.7 Å². The van der Waals surface area contributed by atoms with Gasteiger partial charge < -0.3 is 36.3 Å². The number of nitrogens with zero attached hydrogens (tertiary/aromatic N) is 2. The Hall–Kier alpha value is -4.72. The molecule has 14 heteroatoms. The number of rotatable bonds is 20. The number of unbranched alkanes of at least 4 members (excludes halogenated alkanes) is 2. The monoisotopic (exact) mass is 723 g/mol. The molecule has 1 aliphatic rings. The molecule has 4 atom stereocenters. The number of carbonyl (C=O) groups excluding carboxylic acids is 6. The van der Waals surface area contributed by atoms with Crippen LogP contribution in [0, 0.1) is 17.8 Å². The van der Waals surface area contributed by atoms with Gasteiger partial charge in [0.15, 0.2) is 0 Å². The van der Waals surface area contributed by atoms with Gasteiger partial charge in [-0.2, -0.15) is 0 Å². The number of likely N-dealkylation sites (tertiary alicyclic amines) is 1. The predicted molar refractivity (Wildman–Crippen MR) is 200 cm³/mol. The summed E-state index contributed by atoms with van der Waals surface area (Å²) in [6.45, 7) is 11.6. The minimum atomic E-state index is -1.16. The summed E-state index contributed by atoms with van der Waals surface area (Å²) in [5.41, 5.74) is 1.99. The third-order valence-electron chi connectivity index (χ3n) is 9.03. The Kier molecular flexibility index (Phi) is 15.9. The van der Waals surface area contributed by atoms with Crippen molar-refractivity contribution in [1.29, 1.82) is 0 Å². The molecule has 3 rings (SSSR count). The molecule has 286 valence electrons. The Morgan fingerprint density at radius 2 is 1.50 bits per heavy atom. The number of aliphatic hydroxyl groups is 1. The number of aromatic nitrogens is 1. The lowest BCUT2D eigenvalue weighted by atomic mass is 10.0. The maximum Gasteiger partial charge on any atom is 0.272 e. The second-order valence-electron chi connectivity index (χ2n) is 14.6. The molecule has 0 aliphatic carbocycles. The zero-order valence-corrected chi connectivity index (χ0v) is 31.6. The molecule has 1 saturated heterocycles. The fourth-order valence-electron chi connectivity index (χ4n) is 5.88. The van der Waals surface area contributed by atoms with Gasteiger partial charge in [-0.1, -0.05) is 47.5 Å². The molecular weight excluding hydrogens is 666 g/mol. The van der Waals surface area contributed by atoms with Crippen LogP contribution < -0.4 is 26.6 Å². The van der Waals surface area contributed by atoms with Crippen LogP contribution in [0.2, 0.25) is 0 Å². The number of anilines is 3. The van der Waals surface area contributed by atoms with Crippen molar-refractivity contribution >= 4 is 52.5 Å². The van der Waals surface area contributed by atoms with E-state index in [0.717, 1.165) is 12.8 Å². The molecule has 52 heavy (non-hydrogen) atoms. The van der Waals surface area contributed by atoms with Gasteiger partial charge in [0.25, 0.3) is 5.91 Å². The number of benzene rings is 1. The summed E-state index contributed by atoms with van der Waals surface area (Å²) in [6.07, 6.45) is 5.00. The number of hydrogen-bond acceptors (Lipinski definition) is 8.